The Morgan fingerprint density at radius 1 is 0.971 bits per heavy atom. The molecule has 2 aromatic rings. The highest BCUT2D eigenvalue weighted by molar-refractivity contribution is 7.89. The van der Waals surface area contributed by atoms with Crippen LogP contribution in [0, 0.1) is 6.92 Å². The van der Waals surface area contributed by atoms with Crippen LogP contribution in [0.1, 0.15) is 11.1 Å². The number of carbonyl (C=O) groups excluding carboxylic acids is 2. The summed E-state index contributed by atoms with van der Waals surface area (Å²) in [6, 6.07) is 12.2. The van der Waals surface area contributed by atoms with E-state index in [4.69, 9.17) is 9.88 Å². The molecule has 1 fully saturated rings. The minimum atomic E-state index is -3.82. The summed E-state index contributed by atoms with van der Waals surface area (Å²) in [5.41, 5.74) is 1.66. The first kappa shape index (κ1) is 25.8. The fourth-order valence-corrected chi connectivity index (χ4v) is 5.32. The lowest BCUT2D eigenvalue weighted by Crippen LogP contribution is -2.47. The van der Waals surface area contributed by atoms with Crippen molar-refractivity contribution in [3.8, 4) is 0 Å². The molecule has 34 heavy (non-hydrogen) atoms. The molecule has 0 saturated carbocycles. The van der Waals surface area contributed by atoms with E-state index in [1.807, 2.05) is 6.92 Å². The van der Waals surface area contributed by atoms with Gasteiger partial charge in [0.1, 0.15) is 6.23 Å². The molecule has 1 atom stereocenters. The zero-order valence-corrected chi connectivity index (χ0v) is 20.1. The van der Waals surface area contributed by atoms with E-state index < -0.39 is 38.1 Å². The van der Waals surface area contributed by atoms with Crippen molar-refractivity contribution in [3.05, 3.63) is 59.7 Å². The van der Waals surface area contributed by atoms with Gasteiger partial charge in [-0.05, 0) is 43.2 Å². The fourth-order valence-electron chi connectivity index (χ4n) is 3.29. The fraction of sp³-hybridized carbons (Fsp3) is 0.333. The van der Waals surface area contributed by atoms with E-state index in [1.54, 1.807) is 24.3 Å². The molecule has 3 rings (SSSR count). The number of nitrogens with one attached hydrogen (secondary N) is 2. The highest BCUT2D eigenvalue weighted by atomic mass is 32.2. The molecule has 4 N–H and O–H groups in total. The number of hydrogen-bond donors (Lipinski definition) is 3. The van der Waals surface area contributed by atoms with Crippen LogP contribution in [0.15, 0.2) is 58.3 Å². The second kappa shape index (κ2) is 10.6. The Hall–Kier alpha value is -2.84. The van der Waals surface area contributed by atoms with Gasteiger partial charge in [0.25, 0.3) is 0 Å². The van der Waals surface area contributed by atoms with Crippen LogP contribution in [-0.4, -0.2) is 65.4 Å². The molecular weight excluding hydrogens is 484 g/mol. The number of primary sulfonamides is 1. The van der Waals surface area contributed by atoms with Crippen molar-refractivity contribution in [1.29, 1.82) is 0 Å². The molecular formula is C21H26N4O7S2. The van der Waals surface area contributed by atoms with Gasteiger partial charge in [0.05, 0.1) is 22.9 Å². The number of sulfonamides is 2. The molecule has 0 aliphatic carbocycles. The Morgan fingerprint density at radius 2 is 1.56 bits per heavy atom. The normalized spacial score (nSPS) is 16.8. The Kier molecular flexibility index (Phi) is 8.05. The number of aryl methyl sites for hydroxylation is 1. The van der Waals surface area contributed by atoms with Gasteiger partial charge in [-0.25, -0.2) is 22.0 Å². The van der Waals surface area contributed by atoms with E-state index in [9.17, 15) is 26.4 Å². The molecule has 11 nitrogen and oxygen atoms in total. The van der Waals surface area contributed by atoms with Gasteiger partial charge in [0, 0.05) is 13.1 Å². The third-order valence-electron chi connectivity index (χ3n) is 5.17. The predicted octanol–water partition coefficient (Wildman–Crippen LogP) is -0.535. The molecule has 0 unspecified atom stereocenters. The second-order valence-electron chi connectivity index (χ2n) is 7.66. The van der Waals surface area contributed by atoms with Gasteiger partial charge in [-0.3, -0.25) is 9.59 Å². The van der Waals surface area contributed by atoms with Gasteiger partial charge in [0.15, 0.2) is 0 Å². The molecule has 0 spiro atoms. The minimum Gasteiger partial charge on any atom is -0.359 e. The highest BCUT2D eigenvalue weighted by Crippen LogP contribution is 2.22. The third-order valence-corrected chi connectivity index (χ3v) is 8.00. The van der Waals surface area contributed by atoms with Crippen molar-refractivity contribution in [2.75, 3.05) is 26.2 Å². The quantitative estimate of drug-likeness (QED) is 0.401. The number of rotatable bonds is 8. The van der Waals surface area contributed by atoms with Crippen molar-refractivity contribution in [3.63, 3.8) is 0 Å². The largest absolute Gasteiger partial charge is 0.359 e. The lowest BCUT2D eigenvalue weighted by atomic mass is 10.1. The number of nitrogens with zero attached hydrogens (tertiary/aromatic N) is 1. The van der Waals surface area contributed by atoms with Crippen LogP contribution >= 0.6 is 0 Å². The lowest BCUT2D eigenvalue weighted by Gasteiger charge is -2.22. The number of nitrogens with two attached hydrogens (primary N) is 1. The first-order valence-electron chi connectivity index (χ1n) is 10.4. The first-order valence-corrected chi connectivity index (χ1v) is 13.3. The number of carbonyl (C=O) groups is 2. The maximum Gasteiger partial charge on any atom is 0.309 e. The number of ether oxygens (including phenoxy) is 1. The molecule has 0 bridgehead atoms. The Morgan fingerprint density at radius 3 is 2.18 bits per heavy atom. The molecule has 0 aromatic heterocycles. The van der Waals surface area contributed by atoms with E-state index in [-0.39, 0.29) is 36.0 Å². The number of benzene rings is 2. The van der Waals surface area contributed by atoms with Crippen LogP contribution in [-0.2, 0) is 40.8 Å². The highest BCUT2D eigenvalue weighted by Gasteiger charge is 2.36. The molecule has 1 aliphatic rings. The maximum absolute atomic E-state index is 12.9. The summed E-state index contributed by atoms with van der Waals surface area (Å²) in [5.74, 6) is -1.81. The van der Waals surface area contributed by atoms with E-state index in [2.05, 4.69) is 10.6 Å². The molecule has 13 heteroatoms. The predicted molar refractivity (Wildman–Crippen MR) is 122 cm³/mol. The van der Waals surface area contributed by atoms with E-state index in [0.717, 1.165) is 15.4 Å². The SMILES string of the molecule is Cc1ccc(S(=O)(=O)N2CCO[C@@H]2CNC(=O)C(=O)NCCc2ccc(S(N)(=O)=O)cc2)cc1. The van der Waals surface area contributed by atoms with Crippen LogP contribution in [0.3, 0.4) is 0 Å². The van der Waals surface area contributed by atoms with Crippen molar-refractivity contribution in [1.82, 2.24) is 14.9 Å². The van der Waals surface area contributed by atoms with Gasteiger partial charge >= 0.3 is 11.8 Å². The molecule has 2 amide bonds. The summed E-state index contributed by atoms with van der Waals surface area (Å²) in [6.07, 6.45) is -0.571. The molecule has 0 radical (unpaired) electrons. The second-order valence-corrected chi connectivity index (χ2v) is 11.1. The van der Waals surface area contributed by atoms with Gasteiger partial charge in [0.2, 0.25) is 20.0 Å². The molecule has 1 heterocycles. The first-order chi connectivity index (χ1) is 16.0. The standard InChI is InChI=1S/C21H26N4O7S2/c1-15-2-6-18(7-3-15)34(30,31)25-12-13-32-19(25)14-24-21(27)20(26)23-11-10-16-4-8-17(9-5-16)33(22,28)29/h2-9,19H,10-14H2,1H3,(H,23,26)(H,24,27)(H2,22,28,29)/t19-/m1/s1. The van der Waals surface area contributed by atoms with Crippen molar-refractivity contribution in [2.45, 2.75) is 29.4 Å². The topological polar surface area (TPSA) is 165 Å². The van der Waals surface area contributed by atoms with E-state index in [0.29, 0.717) is 6.42 Å². The van der Waals surface area contributed by atoms with Crippen LogP contribution in [0.25, 0.3) is 0 Å². The molecule has 184 valence electrons. The molecule has 2 aromatic carbocycles. The third kappa shape index (κ3) is 6.39. The number of hydrogen-bond acceptors (Lipinski definition) is 7. The summed E-state index contributed by atoms with van der Waals surface area (Å²) in [5, 5.41) is 9.90. The summed E-state index contributed by atoms with van der Waals surface area (Å²) in [6.45, 7) is 2.10. The molecule has 1 saturated heterocycles. The zero-order valence-electron chi connectivity index (χ0n) is 18.4. The smallest absolute Gasteiger partial charge is 0.309 e. The number of amides is 2. The minimum absolute atomic E-state index is 0.0211. The van der Waals surface area contributed by atoms with Crippen LogP contribution in [0.5, 0.6) is 0 Å². The monoisotopic (exact) mass is 510 g/mol. The Bertz CT molecular complexity index is 1250. The Balaban J connectivity index is 1.48. The van der Waals surface area contributed by atoms with Gasteiger partial charge in [-0.2, -0.15) is 4.31 Å². The van der Waals surface area contributed by atoms with Gasteiger partial charge < -0.3 is 15.4 Å². The average molecular weight is 511 g/mol. The van der Waals surface area contributed by atoms with Crippen LogP contribution < -0.4 is 15.8 Å². The van der Waals surface area contributed by atoms with Crippen LogP contribution in [0.2, 0.25) is 0 Å². The van der Waals surface area contributed by atoms with Gasteiger partial charge in [-0.1, -0.05) is 29.8 Å². The summed E-state index contributed by atoms with van der Waals surface area (Å²) >= 11 is 0. The van der Waals surface area contributed by atoms with Gasteiger partial charge in [-0.15, -0.1) is 0 Å². The van der Waals surface area contributed by atoms with Crippen molar-refractivity contribution < 1.29 is 31.2 Å². The molecule has 1 aliphatic heterocycles. The summed E-state index contributed by atoms with van der Waals surface area (Å²) < 4.78 is 54.9. The summed E-state index contributed by atoms with van der Waals surface area (Å²) in [4.78, 5) is 24.3. The summed E-state index contributed by atoms with van der Waals surface area (Å²) in [7, 11) is -7.60. The zero-order chi connectivity index (χ0) is 24.9. The van der Waals surface area contributed by atoms with E-state index >= 15 is 0 Å². The Labute approximate surface area is 198 Å². The lowest BCUT2D eigenvalue weighted by molar-refractivity contribution is -0.139. The van der Waals surface area contributed by atoms with Crippen LogP contribution in [0.4, 0.5) is 0 Å². The average Bonchev–Trinajstić information content (AvgIpc) is 3.27. The van der Waals surface area contributed by atoms with Crippen molar-refractivity contribution >= 4 is 31.9 Å². The maximum atomic E-state index is 12.9. The van der Waals surface area contributed by atoms with Crippen molar-refractivity contribution in [2.24, 2.45) is 5.14 Å². The van der Waals surface area contributed by atoms with E-state index in [1.165, 1.54) is 24.3 Å².